The van der Waals surface area contributed by atoms with Crippen molar-refractivity contribution in [3.05, 3.63) is 0 Å². The van der Waals surface area contributed by atoms with Crippen LogP contribution in [0.4, 0.5) is 0 Å². The molecule has 1 spiro atoms. The van der Waals surface area contributed by atoms with Crippen LogP contribution < -0.4 is 0 Å². The van der Waals surface area contributed by atoms with E-state index < -0.39 is 0 Å². The molecule has 7 fully saturated rings. The summed E-state index contributed by atoms with van der Waals surface area (Å²) in [6, 6.07) is 0. The molecule has 0 amide bonds. The Morgan fingerprint density at radius 3 is 2.58 bits per heavy atom. The lowest BCUT2D eigenvalue weighted by Gasteiger charge is -2.65. The highest BCUT2D eigenvalue weighted by atomic mass is 16.7. The van der Waals surface area contributed by atoms with Crippen molar-refractivity contribution in [2.45, 2.75) is 117 Å². The van der Waals surface area contributed by atoms with Crippen molar-refractivity contribution in [3.8, 4) is 0 Å². The second-order valence-corrected chi connectivity index (χ2v) is 13.5. The summed E-state index contributed by atoms with van der Waals surface area (Å²) in [4.78, 5) is 13.1. The average Bonchev–Trinajstić information content (AvgIpc) is 3.20. The Hall–Kier alpha value is -0.610. The van der Waals surface area contributed by atoms with Gasteiger partial charge < -0.3 is 14.6 Å². The lowest BCUT2D eigenvalue weighted by atomic mass is 9.43. The minimum Gasteiger partial charge on any atom is -0.435 e. The number of esters is 1. The van der Waals surface area contributed by atoms with E-state index in [4.69, 9.17) is 9.47 Å². The Morgan fingerprint density at radius 2 is 1.82 bits per heavy atom. The first-order valence-corrected chi connectivity index (χ1v) is 14.3. The average molecular weight is 459 g/mol. The zero-order valence-corrected chi connectivity index (χ0v) is 21.3. The number of hydrogen-bond donors (Lipinski definition) is 1. The van der Waals surface area contributed by atoms with E-state index in [1.165, 1.54) is 44.9 Å². The summed E-state index contributed by atoms with van der Waals surface area (Å²) >= 11 is 0. The summed E-state index contributed by atoms with van der Waals surface area (Å²) in [7, 11) is 0. The maximum atomic E-state index is 13.1. The Labute approximate surface area is 200 Å². The topological polar surface area (TPSA) is 55.8 Å². The fourth-order valence-electron chi connectivity index (χ4n) is 10.7. The number of aliphatic hydroxyl groups is 1. The van der Waals surface area contributed by atoms with Gasteiger partial charge in [-0.1, -0.05) is 34.1 Å². The number of rotatable bonds is 4. The minimum absolute atomic E-state index is 0.0406. The Morgan fingerprint density at radius 1 is 1.03 bits per heavy atom. The molecule has 12 atom stereocenters. The number of hydrogen-bond acceptors (Lipinski definition) is 4. The van der Waals surface area contributed by atoms with Crippen molar-refractivity contribution in [3.63, 3.8) is 0 Å². The first kappa shape index (κ1) is 22.8. The highest BCUT2D eigenvalue weighted by Crippen LogP contribution is 2.72. The van der Waals surface area contributed by atoms with Gasteiger partial charge in [0.1, 0.15) is 0 Å². The molecular weight excluding hydrogens is 412 g/mol. The van der Waals surface area contributed by atoms with Crippen molar-refractivity contribution in [1.82, 2.24) is 0 Å². The minimum atomic E-state index is -0.304. The van der Waals surface area contributed by atoms with Crippen molar-refractivity contribution < 1.29 is 19.4 Å². The second kappa shape index (κ2) is 7.95. The Bertz CT molecular complexity index is 780. The maximum absolute atomic E-state index is 13.1. The second-order valence-electron chi connectivity index (χ2n) is 13.5. The molecule has 2 bridgehead atoms. The molecule has 1 N–H and O–H groups in total. The third-order valence-electron chi connectivity index (χ3n) is 12.4. The quantitative estimate of drug-likeness (QED) is 0.528. The third kappa shape index (κ3) is 3.11. The van der Waals surface area contributed by atoms with E-state index in [1.54, 1.807) is 0 Å². The molecule has 0 radical (unpaired) electrons. The molecule has 4 saturated carbocycles. The van der Waals surface area contributed by atoms with E-state index in [0.29, 0.717) is 35.0 Å². The number of fused-ring (bicyclic) bond motifs is 6. The standard InChI is InChI=1S/C29H46O4/c1-5-17(16(2)3)14-24-25-23-9-8-22-20-7-6-18-15-19(30)10-12-28(18,4)21(20)11-13-29(22,23)27(32-24)33-26(25)31/h16-25,27,30H,5-15H2,1-4H3/t17?,18-,19-,20+,21-,22-,23+,24+,25+,27-,28-,29+/m0/s1. The van der Waals surface area contributed by atoms with Crippen LogP contribution in [0.25, 0.3) is 0 Å². The number of carbonyl (C=O) groups is 1. The van der Waals surface area contributed by atoms with Crippen LogP contribution in [0.15, 0.2) is 0 Å². The predicted octanol–water partition coefficient (Wildman–Crippen LogP) is 5.96. The summed E-state index contributed by atoms with van der Waals surface area (Å²) in [5.41, 5.74) is 0.467. The van der Waals surface area contributed by atoms with Crippen molar-refractivity contribution >= 4 is 5.97 Å². The van der Waals surface area contributed by atoms with Crippen LogP contribution in [0.2, 0.25) is 0 Å². The van der Waals surface area contributed by atoms with Gasteiger partial charge in [-0.3, -0.25) is 4.79 Å². The molecule has 4 heteroatoms. The molecule has 186 valence electrons. The van der Waals surface area contributed by atoms with Gasteiger partial charge in [0.05, 0.1) is 18.1 Å². The van der Waals surface area contributed by atoms with Crippen molar-refractivity contribution in [2.75, 3.05) is 0 Å². The molecule has 0 aromatic heterocycles. The van der Waals surface area contributed by atoms with E-state index in [0.717, 1.165) is 37.5 Å². The van der Waals surface area contributed by atoms with Crippen LogP contribution in [0.1, 0.15) is 98.3 Å². The molecule has 4 nitrogen and oxygen atoms in total. The summed E-state index contributed by atoms with van der Waals surface area (Å²) < 4.78 is 12.9. The molecule has 3 heterocycles. The van der Waals surface area contributed by atoms with Crippen LogP contribution in [-0.4, -0.2) is 29.6 Å². The number of carbonyl (C=O) groups excluding carboxylic acids is 1. The monoisotopic (exact) mass is 458 g/mol. The Balaban J connectivity index is 1.27. The summed E-state index contributed by atoms with van der Waals surface area (Å²) in [5, 5.41) is 10.3. The smallest absolute Gasteiger partial charge is 0.314 e. The number of ether oxygens (including phenoxy) is 2. The van der Waals surface area contributed by atoms with Gasteiger partial charge >= 0.3 is 5.97 Å². The van der Waals surface area contributed by atoms with Crippen molar-refractivity contribution in [1.29, 1.82) is 0 Å². The van der Waals surface area contributed by atoms with Crippen LogP contribution in [0.3, 0.4) is 0 Å². The van der Waals surface area contributed by atoms with Gasteiger partial charge in [-0.05, 0) is 111 Å². The predicted molar refractivity (Wildman–Crippen MR) is 127 cm³/mol. The normalized spacial score (nSPS) is 53.6. The maximum Gasteiger partial charge on any atom is 0.314 e. The summed E-state index contributed by atoms with van der Waals surface area (Å²) in [6.45, 7) is 9.45. The molecular formula is C29H46O4. The largest absolute Gasteiger partial charge is 0.435 e. The third-order valence-corrected chi connectivity index (χ3v) is 12.4. The van der Waals surface area contributed by atoms with E-state index >= 15 is 0 Å². The lowest BCUT2D eigenvalue weighted by Crippen LogP contribution is -2.67. The van der Waals surface area contributed by atoms with E-state index in [9.17, 15) is 9.90 Å². The SMILES string of the molecule is CCC(C[C@H]1O[C@H]2OC(=O)[C@@H]1[C@H]1CC[C@H]3[C@@H]4CC[C@H]5C[C@@H](O)CC[C@]5(C)[C@H]4CC[C@]213)C(C)C. The first-order chi connectivity index (χ1) is 15.8. The highest BCUT2D eigenvalue weighted by Gasteiger charge is 2.72. The Kier molecular flexibility index (Phi) is 5.50. The van der Waals surface area contributed by atoms with Gasteiger partial charge in [-0.2, -0.15) is 0 Å². The van der Waals surface area contributed by atoms with E-state index in [-0.39, 0.29) is 35.8 Å². The van der Waals surface area contributed by atoms with Gasteiger partial charge in [0.2, 0.25) is 6.29 Å². The lowest BCUT2D eigenvalue weighted by molar-refractivity contribution is -0.338. The van der Waals surface area contributed by atoms with Gasteiger partial charge in [0.25, 0.3) is 0 Å². The summed E-state index contributed by atoms with van der Waals surface area (Å²) in [6.07, 6.45) is 12.5. The molecule has 7 rings (SSSR count). The van der Waals surface area contributed by atoms with Gasteiger partial charge in [-0.25, -0.2) is 0 Å². The van der Waals surface area contributed by atoms with Gasteiger partial charge in [0, 0.05) is 5.41 Å². The molecule has 33 heavy (non-hydrogen) atoms. The molecule has 4 aliphatic carbocycles. The first-order valence-electron chi connectivity index (χ1n) is 14.3. The van der Waals surface area contributed by atoms with Crippen molar-refractivity contribution in [2.24, 2.45) is 58.2 Å². The van der Waals surface area contributed by atoms with E-state index in [1.807, 2.05) is 0 Å². The zero-order valence-electron chi connectivity index (χ0n) is 21.3. The van der Waals surface area contributed by atoms with Crippen LogP contribution in [-0.2, 0) is 14.3 Å². The van der Waals surface area contributed by atoms with Gasteiger partial charge in [0.15, 0.2) is 0 Å². The fourth-order valence-corrected chi connectivity index (χ4v) is 10.7. The highest BCUT2D eigenvalue weighted by molar-refractivity contribution is 5.76. The van der Waals surface area contributed by atoms with Crippen LogP contribution >= 0.6 is 0 Å². The summed E-state index contributed by atoms with van der Waals surface area (Å²) in [5.74, 6) is 4.58. The fraction of sp³-hybridized carbons (Fsp3) is 0.966. The molecule has 3 saturated heterocycles. The number of aliphatic hydroxyl groups excluding tert-OH is 1. The van der Waals surface area contributed by atoms with E-state index in [2.05, 4.69) is 27.7 Å². The van der Waals surface area contributed by atoms with Crippen LogP contribution in [0, 0.1) is 58.2 Å². The van der Waals surface area contributed by atoms with Gasteiger partial charge in [-0.15, -0.1) is 0 Å². The van der Waals surface area contributed by atoms with Crippen LogP contribution in [0.5, 0.6) is 0 Å². The molecule has 3 aliphatic heterocycles. The molecule has 0 aromatic rings. The molecule has 1 unspecified atom stereocenters. The molecule has 0 aromatic carbocycles. The molecule has 7 aliphatic rings. The zero-order chi connectivity index (χ0) is 23.1.